The number of anilines is 4. The molecule has 0 spiro atoms. The summed E-state index contributed by atoms with van der Waals surface area (Å²) in [5, 5.41) is 6.62. The van der Waals surface area contributed by atoms with Crippen LogP contribution in [0.25, 0.3) is 11.3 Å². The van der Waals surface area contributed by atoms with Gasteiger partial charge < -0.3 is 15.4 Å². The molecule has 4 rings (SSSR count). The van der Waals surface area contributed by atoms with Crippen molar-refractivity contribution >= 4 is 23.1 Å². The lowest BCUT2D eigenvalue weighted by Gasteiger charge is -2.12. The van der Waals surface area contributed by atoms with Gasteiger partial charge in [-0.15, -0.1) is 0 Å². The second kappa shape index (κ2) is 8.22. The Labute approximate surface area is 164 Å². The van der Waals surface area contributed by atoms with Gasteiger partial charge in [-0.1, -0.05) is 48.5 Å². The summed E-state index contributed by atoms with van der Waals surface area (Å²) in [4.78, 5) is 9.31. The van der Waals surface area contributed by atoms with Crippen LogP contribution in [0.1, 0.15) is 0 Å². The van der Waals surface area contributed by atoms with Crippen LogP contribution in [-0.2, 0) is 0 Å². The summed E-state index contributed by atoms with van der Waals surface area (Å²) >= 11 is 0. The van der Waals surface area contributed by atoms with Gasteiger partial charge in [0.25, 0.3) is 0 Å². The van der Waals surface area contributed by atoms with Gasteiger partial charge in [0.15, 0.2) is 0 Å². The van der Waals surface area contributed by atoms with Crippen LogP contribution in [0.5, 0.6) is 5.75 Å². The molecule has 28 heavy (non-hydrogen) atoms. The minimum atomic E-state index is 0.531. The summed E-state index contributed by atoms with van der Waals surface area (Å²) in [7, 11) is 1.65. The van der Waals surface area contributed by atoms with E-state index in [-0.39, 0.29) is 0 Å². The fourth-order valence-corrected chi connectivity index (χ4v) is 2.80. The molecule has 0 fully saturated rings. The summed E-state index contributed by atoms with van der Waals surface area (Å²) in [6, 6.07) is 29.6. The van der Waals surface area contributed by atoms with Crippen LogP contribution >= 0.6 is 0 Å². The molecule has 1 heterocycles. The first-order valence-electron chi connectivity index (χ1n) is 8.98. The predicted octanol–water partition coefficient (Wildman–Crippen LogP) is 5.64. The maximum atomic E-state index is 5.22. The van der Waals surface area contributed by atoms with Crippen molar-refractivity contribution in [2.75, 3.05) is 17.7 Å². The largest absolute Gasteiger partial charge is 0.497 e. The lowest BCUT2D eigenvalue weighted by atomic mass is 10.1. The lowest BCUT2D eigenvalue weighted by Crippen LogP contribution is -2.02. The minimum absolute atomic E-state index is 0.531. The van der Waals surface area contributed by atoms with Gasteiger partial charge in [-0.05, 0) is 36.4 Å². The Morgan fingerprint density at radius 3 is 2.00 bits per heavy atom. The molecular formula is C23H20N4O. The third-order valence-electron chi connectivity index (χ3n) is 4.19. The van der Waals surface area contributed by atoms with Gasteiger partial charge in [-0.3, -0.25) is 0 Å². The lowest BCUT2D eigenvalue weighted by molar-refractivity contribution is 0.415. The van der Waals surface area contributed by atoms with Crippen molar-refractivity contribution in [2.45, 2.75) is 0 Å². The molecule has 5 heteroatoms. The van der Waals surface area contributed by atoms with Gasteiger partial charge in [0.1, 0.15) is 11.6 Å². The normalized spacial score (nSPS) is 10.3. The molecule has 0 amide bonds. The first-order chi connectivity index (χ1) is 13.8. The van der Waals surface area contributed by atoms with Crippen LogP contribution in [-0.4, -0.2) is 17.1 Å². The monoisotopic (exact) mass is 368 g/mol. The molecule has 0 saturated carbocycles. The number of methoxy groups -OCH3 is 1. The summed E-state index contributed by atoms with van der Waals surface area (Å²) < 4.78 is 5.22. The Morgan fingerprint density at radius 1 is 0.679 bits per heavy atom. The SMILES string of the molecule is COc1ccc(Nc2cc(-c3ccccc3)nc(Nc3ccccc3)n2)cc1. The highest BCUT2D eigenvalue weighted by Gasteiger charge is 2.08. The molecule has 0 radical (unpaired) electrons. The van der Waals surface area contributed by atoms with E-state index in [0.29, 0.717) is 11.8 Å². The molecule has 5 nitrogen and oxygen atoms in total. The predicted molar refractivity (Wildman–Crippen MR) is 113 cm³/mol. The number of para-hydroxylation sites is 1. The second-order valence-electron chi connectivity index (χ2n) is 6.17. The number of ether oxygens (including phenoxy) is 1. The molecule has 0 aliphatic rings. The van der Waals surface area contributed by atoms with Crippen molar-refractivity contribution in [1.82, 2.24) is 9.97 Å². The van der Waals surface area contributed by atoms with E-state index in [0.717, 1.165) is 28.4 Å². The zero-order valence-corrected chi connectivity index (χ0v) is 15.5. The van der Waals surface area contributed by atoms with E-state index in [1.807, 2.05) is 91.0 Å². The first kappa shape index (κ1) is 17.5. The van der Waals surface area contributed by atoms with Crippen LogP contribution in [0, 0.1) is 0 Å². The Hall–Kier alpha value is -3.86. The molecule has 0 bridgehead atoms. The van der Waals surface area contributed by atoms with Crippen molar-refractivity contribution in [3.05, 3.63) is 91.0 Å². The van der Waals surface area contributed by atoms with Gasteiger partial charge in [0, 0.05) is 23.0 Å². The van der Waals surface area contributed by atoms with Gasteiger partial charge in [-0.2, -0.15) is 4.98 Å². The van der Waals surface area contributed by atoms with E-state index in [1.54, 1.807) is 7.11 Å². The highest BCUT2D eigenvalue weighted by atomic mass is 16.5. The minimum Gasteiger partial charge on any atom is -0.497 e. The molecule has 4 aromatic rings. The molecule has 0 atom stereocenters. The van der Waals surface area contributed by atoms with Crippen molar-refractivity contribution in [1.29, 1.82) is 0 Å². The van der Waals surface area contributed by atoms with Gasteiger partial charge in [-0.25, -0.2) is 4.98 Å². The number of benzene rings is 3. The second-order valence-corrected chi connectivity index (χ2v) is 6.17. The smallest absolute Gasteiger partial charge is 0.229 e. The standard InChI is InChI=1S/C23H20N4O/c1-28-20-14-12-19(13-15-20)24-22-16-21(17-8-4-2-5-9-17)26-23(27-22)25-18-10-6-3-7-11-18/h2-16H,1H3,(H2,24,25,26,27). The summed E-state index contributed by atoms with van der Waals surface area (Å²) in [5.41, 5.74) is 3.72. The average molecular weight is 368 g/mol. The molecular weight excluding hydrogens is 348 g/mol. The number of hydrogen-bond donors (Lipinski definition) is 2. The van der Waals surface area contributed by atoms with Crippen LogP contribution in [0.4, 0.5) is 23.1 Å². The van der Waals surface area contributed by atoms with E-state index < -0.39 is 0 Å². The third kappa shape index (κ3) is 4.27. The van der Waals surface area contributed by atoms with Crippen molar-refractivity contribution < 1.29 is 4.74 Å². The summed E-state index contributed by atoms with van der Waals surface area (Å²) in [6.45, 7) is 0. The van der Waals surface area contributed by atoms with Crippen LogP contribution in [0.15, 0.2) is 91.0 Å². The van der Waals surface area contributed by atoms with E-state index >= 15 is 0 Å². The Morgan fingerprint density at radius 2 is 1.32 bits per heavy atom. The Bertz CT molecular complexity index is 1040. The molecule has 0 aliphatic heterocycles. The number of nitrogens with zero attached hydrogens (tertiary/aromatic N) is 2. The number of nitrogens with one attached hydrogen (secondary N) is 2. The number of rotatable bonds is 6. The number of aromatic nitrogens is 2. The zero-order chi connectivity index (χ0) is 19.2. The van der Waals surface area contributed by atoms with Gasteiger partial charge in [0.2, 0.25) is 5.95 Å². The maximum absolute atomic E-state index is 5.22. The number of hydrogen-bond acceptors (Lipinski definition) is 5. The van der Waals surface area contributed by atoms with Crippen LogP contribution in [0.3, 0.4) is 0 Å². The molecule has 0 unspecified atom stereocenters. The zero-order valence-electron chi connectivity index (χ0n) is 15.5. The molecule has 138 valence electrons. The van der Waals surface area contributed by atoms with Gasteiger partial charge in [0.05, 0.1) is 12.8 Å². The summed E-state index contributed by atoms with van der Waals surface area (Å²) in [5.74, 6) is 2.05. The topological polar surface area (TPSA) is 59.1 Å². The highest BCUT2D eigenvalue weighted by Crippen LogP contribution is 2.25. The fourth-order valence-electron chi connectivity index (χ4n) is 2.80. The van der Waals surface area contributed by atoms with E-state index in [2.05, 4.69) is 20.6 Å². The molecule has 2 N–H and O–H groups in total. The van der Waals surface area contributed by atoms with E-state index in [1.165, 1.54) is 0 Å². The summed E-state index contributed by atoms with van der Waals surface area (Å²) in [6.07, 6.45) is 0. The third-order valence-corrected chi connectivity index (χ3v) is 4.19. The van der Waals surface area contributed by atoms with Gasteiger partial charge >= 0.3 is 0 Å². The van der Waals surface area contributed by atoms with Crippen LogP contribution < -0.4 is 15.4 Å². The Balaban J connectivity index is 1.68. The molecule has 0 saturated heterocycles. The maximum Gasteiger partial charge on any atom is 0.229 e. The first-order valence-corrected chi connectivity index (χ1v) is 8.98. The highest BCUT2D eigenvalue weighted by molar-refractivity contribution is 5.68. The Kier molecular flexibility index (Phi) is 5.15. The van der Waals surface area contributed by atoms with Crippen molar-refractivity contribution in [3.63, 3.8) is 0 Å². The van der Waals surface area contributed by atoms with Crippen LogP contribution in [0.2, 0.25) is 0 Å². The molecule has 0 aliphatic carbocycles. The molecule has 3 aromatic carbocycles. The van der Waals surface area contributed by atoms with E-state index in [4.69, 9.17) is 4.74 Å². The average Bonchev–Trinajstić information content (AvgIpc) is 2.75. The van der Waals surface area contributed by atoms with Crippen molar-refractivity contribution in [3.8, 4) is 17.0 Å². The molecule has 1 aromatic heterocycles. The van der Waals surface area contributed by atoms with E-state index in [9.17, 15) is 0 Å². The van der Waals surface area contributed by atoms with Crippen molar-refractivity contribution in [2.24, 2.45) is 0 Å². The quantitative estimate of drug-likeness (QED) is 0.461. The fraction of sp³-hybridized carbons (Fsp3) is 0.0435.